The molecule has 2 saturated heterocycles. The van der Waals surface area contributed by atoms with Crippen molar-refractivity contribution in [1.29, 1.82) is 0 Å². The van der Waals surface area contributed by atoms with Crippen LogP contribution in [0.5, 0.6) is 11.5 Å². The number of imide groups is 1. The molecule has 0 unspecified atom stereocenters. The molecule has 0 bridgehead atoms. The van der Waals surface area contributed by atoms with Crippen LogP contribution in [-0.4, -0.2) is 37.1 Å². The Bertz CT molecular complexity index is 1360. The second-order valence-corrected chi connectivity index (χ2v) is 8.53. The number of nitro groups is 1. The lowest BCUT2D eigenvalue weighted by Crippen LogP contribution is -2.37. The van der Waals surface area contributed by atoms with Crippen LogP contribution in [0.1, 0.15) is 17.2 Å². The quantitative estimate of drug-likeness (QED) is 0.291. The van der Waals surface area contributed by atoms with E-state index in [-0.39, 0.29) is 22.7 Å². The summed E-state index contributed by atoms with van der Waals surface area (Å²) in [5.41, 5.74) is 1.74. The number of methoxy groups -OCH3 is 2. The molecule has 3 atom stereocenters. The first-order valence-corrected chi connectivity index (χ1v) is 11.2. The van der Waals surface area contributed by atoms with Crippen LogP contribution in [0.15, 0.2) is 66.7 Å². The third-order valence-corrected chi connectivity index (χ3v) is 6.43. The van der Waals surface area contributed by atoms with Crippen LogP contribution in [0.4, 0.5) is 17.1 Å². The normalized spacial score (nSPS) is 21.0. The fourth-order valence-electron chi connectivity index (χ4n) is 4.83. The van der Waals surface area contributed by atoms with Crippen molar-refractivity contribution in [1.82, 2.24) is 0 Å². The summed E-state index contributed by atoms with van der Waals surface area (Å²) in [6.45, 7) is 1.86. The van der Waals surface area contributed by atoms with Gasteiger partial charge in [0, 0.05) is 0 Å². The zero-order chi connectivity index (χ0) is 25.6. The second-order valence-electron chi connectivity index (χ2n) is 8.53. The number of para-hydroxylation sites is 1. The predicted octanol–water partition coefficient (Wildman–Crippen LogP) is 3.97. The minimum absolute atomic E-state index is 0.168. The van der Waals surface area contributed by atoms with Gasteiger partial charge in [0.25, 0.3) is 11.6 Å². The van der Waals surface area contributed by atoms with Crippen molar-refractivity contribution < 1.29 is 28.8 Å². The highest BCUT2D eigenvalue weighted by molar-refractivity contribution is 6.24. The van der Waals surface area contributed by atoms with Crippen molar-refractivity contribution in [2.45, 2.75) is 19.1 Å². The molecule has 0 aliphatic carbocycles. The lowest BCUT2D eigenvalue weighted by atomic mass is 9.89. The van der Waals surface area contributed by atoms with E-state index in [0.29, 0.717) is 11.4 Å². The van der Waals surface area contributed by atoms with Gasteiger partial charge in [-0.25, -0.2) is 9.96 Å². The molecule has 10 heteroatoms. The summed E-state index contributed by atoms with van der Waals surface area (Å²) in [6, 6.07) is 17.6. The Morgan fingerprint density at radius 3 is 2.19 bits per heavy atom. The first kappa shape index (κ1) is 23.3. The molecule has 184 valence electrons. The molecule has 0 spiro atoms. The minimum Gasteiger partial charge on any atom is -0.493 e. The van der Waals surface area contributed by atoms with Gasteiger partial charge in [-0.3, -0.25) is 24.5 Å². The van der Waals surface area contributed by atoms with Crippen LogP contribution < -0.4 is 19.4 Å². The van der Waals surface area contributed by atoms with Crippen molar-refractivity contribution in [3.8, 4) is 11.5 Å². The summed E-state index contributed by atoms with van der Waals surface area (Å²) < 4.78 is 10.7. The van der Waals surface area contributed by atoms with Crippen molar-refractivity contribution in [2.75, 3.05) is 24.2 Å². The number of fused-ring (bicyclic) bond motifs is 1. The average Bonchev–Trinajstić information content (AvgIpc) is 3.39. The number of hydrogen-bond donors (Lipinski definition) is 0. The van der Waals surface area contributed by atoms with Crippen LogP contribution in [0.3, 0.4) is 0 Å². The summed E-state index contributed by atoms with van der Waals surface area (Å²) in [7, 11) is 2.80. The summed E-state index contributed by atoms with van der Waals surface area (Å²) in [5.74, 6) is -1.63. The van der Waals surface area contributed by atoms with Gasteiger partial charge in [0.2, 0.25) is 5.91 Å². The van der Waals surface area contributed by atoms with E-state index in [2.05, 4.69) is 0 Å². The fraction of sp³-hybridized carbons (Fsp3) is 0.231. The number of amides is 2. The van der Waals surface area contributed by atoms with Gasteiger partial charge in [0.1, 0.15) is 12.0 Å². The van der Waals surface area contributed by atoms with Gasteiger partial charge in [-0.15, -0.1) is 0 Å². The third kappa shape index (κ3) is 3.62. The number of hydroxylamine groups is 1. The average molecular weight is 489 g/mol. The van der Waals surface area contributed by atoms with Crippen LogP contribution in [0.2, 0.25) is 0 Å². The van der Waals surface area contributed by atoms with Crippen molar-refractivity contribution >= 4 is 28.9 Å². The molecule has 3 aromatic rings. The van der Waals surface area contributed by atoms with Gasteiger partial charge in [-0.05, 0) is 42.8 Å². The molecule has 5 rings (SSSR count). The van der Waals surface area contributed by atoms with E-state index in [0.717, 1.165) is 10.5 Å². The number of nitrogens with zero attached hydrogens (tertiary/aromatic N) is 3. The lowest BCUT2D eigenvalue weighted by molar-refractivity contribution is -0.385. The summed E-state index contributed by atoms with van der Waals surface area (Å²) >= 11 is 0. The number of aryl methyl sites for hydroxylation is 1. The highest BCUT2D eigenvalue weighted by Gasteiger charge is 2.61. The van der Waals surface area contributed by atoms with Crippen LogP contribution in [0, 0.1) is 23.0 Å². The zero-order valence-corrected chi connectivity index (χ0v) is 19.8. The van der Waals surface area contributed by atoms with Gasteiger partial charge in [0.05, 0.1) is 42.1 Å². The number of ether oxygens (including phenoxy) is 2. The number of rotatable bonds is 6. The van der Waals surface area contributed by atoms with Gasteiger partial charge >= 0.3 is 0 Å². The van der Waals surface area contributed by atoms with Crippen molar-refractivity contribution in [3.05, 3.63) is 88.0 Å². The highest BCUT2D eigenvalue weighted by atomic mass is 16.7. The van der Waals surface area contributed by atoms with E-state index >= 15 is 0 Å². The molecule has 0 saturated carbocycles. The molecule has 0 N–H and O–H groups in total. The molecule has 2 amide bonds. The Kier molecular flexibility index (Phi) is 5.81. The maximum absolute atomic E-state index is 13.8. The molecule has 0 aromatic heterocycles. The maximum atomic E-state index is 13.8. The molecule has 10 nitrogen and oxygen atoms in total. The number of nitro benzene ring substituents is 1. The van der Waals surface area contributed by atoms with Gasteiger partial charge < -0.3 is 9.47 Å². The number of anilines is 2. The van der Waals surface area contributed by atoms with E-state index in [1.165, 1.54) is 31.4 Å². The smallest absolute Gasteiger partial charge is 0.278 e. The lowest BCUT2D eigenvalue weighted by Gasteiger charge is -2.29. The van der Waals surface area contributed by atoms with Gasteiger partial charge in [-0.2, -0.15) is 0 Å². The Morgan fingerprint density at radius 2 is 1.56 bits per heavy atom. The first-order chi connectivity index (χ1) is 17.3. The van der Waals surface area contributed by atoms with E-state index in [1.54, 1.807) is 42.5 Å². The van der Waals surface area contributed by atoms with Crippen LogP contribution >= 0.6 is 0 Å². The van der Waals surface area contributed by atoms with E-state index in [9.17, 15) is 19.7 Å². The number of hydrogen-bond acceptors (Lipinski definition) is 8. The van der Waals surface area contributed by atoms with Crippen molar-refractivity contribution in [3.63, 3.8) is 0 Å². The minimum atomic E-state index is -1.16. The first-order valence-electron chi connectivity index (χ1n) is 11.2. The fourth-order valence-corrected chi connectivity index (χ4v) is 4.83. The molecule has 2 heterocycles. The highest BCUT2D eigenvalue weighted by Crippen LogP contribution is 2.51. The van der Waals surface area contributed by atoms with E-state index in [1.807, 2.05) is 19.1 Å². The zero-order valence-electron chi connectivity index (χ0n) is 19.8. The summed E-state index contributed by atoms with van der Waals surface area (Å²) in [4.78, 5) is 46.1. The topological polar surface area (TPSA) is 111 Å². The molecular weight excluding hydrogens is 466 g/mol. The Labute approximate surface area is 206 Å². The number of carbonyl (C=O) groups is 2. The summed E-state index contributed by atoms with van der Waals surface area (Å²) in [6.07, 6.45) is -1.16. The number of benzene rings is 3. The summed E-state index contributed by atoms with van der Waals surface area (Å²) in [5, 5.41) is 13.5. The molecular formula is C26H23N3O7. The van der Waals surface area contributed by atoms with Gasteiger partial charge in [0.15, 0.2) is 17.6 Å². The Hall–Kier alpha value is -4.44. The molecule has 36 heavy (non-hydrogen) atoms. The molecule has 0 radical (unpaired) electrons. The van der Waals surface area contributed by atoms with E-state index in [4.69, 9.17) is 14.3 Å². The second kappa shape index (κ2) is 8.97. The van der Waals surface area contributed by atoms with Crippen LogP contribution in [-0.2, 0) is 14.4 Å². The largest absolute Gasteiger partial charge is 0.493 e. The van der Waals surface area contributed by atoms with Crippen LogP contribution in [0.25, 0.3) is 0 Å². The Balaban J connectivity index is 1.69. The SMILES string of the molecule is COc1cc([C@H]2[C@@H]3C(=O)N(c4cccc(C)c4)C(=O)[C@H]3ON2c2ccccc2)c([N+](=O)[O-])cc1OC. The Morgan fingerprint density at radius 1 is 0.889 bits per heavy atom. The predicted molar refractivity (Wildman–Crippen MR) is 130 cm³/mol. The third-order valence-electron chi connectivity index (χ3n) is 6.43. The monoisotopic (exact) mass is 489 g/mol. The van der Waals surface area contributed by atoms with Gasteiger partial charge in [-0.1, -0.05) is 30.3 Å². The van der Waals surface area contributed by atoms with E-state index < -0.39 is 34.8 Å². The molecule has 3 aromatic carbocycles. The maximum Gasteiger partial charge on any atom is 0.278 e. The number of carbonyl (C=O) groups excluding carboxylic acids is 2. The molecule has 2 aliphatic rings. The standard InChI is InChI=1S/C26H23N3O7/c1-15-8-7-11-17(12-15)27-25(30)22-23(18-13-20(34-2)21(35-3)14-19(18)29(32)33)28(36-24(22)26(27)31)16-9-5-4-6-10-16/h4-14,22-24H,1-3H3/t22-,23-,24-/m0/s1. The van der Waals surface area contributed by atoms with Crippen molar-refractivity contribution in [2.24, 2.45) is 5.92 Å². The molecule has 2 aliphatic heterocycles. The molecule has 2 fully saturated rings.